The minimum Gasteiger partial charge on any atom is -0.395 e. The highest BCUT2D eigenvalue weighted by Crippen LogP contribution is 2.51. The molecule has 3 atom stereocenters. The number of benzene rings is 3. The van der Waals surface area contributed by atoms with Crippen LogP contribution in [-0.2, 0) is 21.3 Å². The molecular weight excluding hydrogens is 396 g/mol. The second-order valence-corrected chi connectivity index (χ2v) is 8.67. The smallest absolute Gasteiger partial charge is 0.171 e. The standard InChI is InChI=1S/C26H25ClO3/c27-21-13-14-22-20(16-21)12-7-15-26(22,17-28)25-29-23(18-8-3-1-4-9-18)24(30-25)19-10-5-2-6-11-19/h1-6,8-11,13-14,16,23-25,28H,7,12,15,17H2/t23?,24?,25?,26-/m0/s1. The van der Waals surface area contributed by atoms with E-state index in [0.717, 1.165) is 41.0 Å². The largest absolute Gasteiger partial charge is 0.395 e. The fraction of sp³-hybridized carbons (Fsp3) is 0.308. The third-order valence-corrected chi connectivity index (χ3v) is 6.71. The second kappa shape index (κ2) is 8.16. The Morgan fingerprint density at radius 1 is 0.867 bits per heavy atom. The van der Waals surface area contributed by atoms with E-state index in [0.29, 0.717) is 0 Å². The van der Waals surface area contributed by atoms with Crippen LogP contribution in [0.4, 0.5) is 0 Å². The van der Waals surface area contributed by atoms with Gasteiger partial charge in [0.05, 0.1) is 12.0 Å². The van der Waals surface area contributed by atoms with E-state index in [9.17, 15) is 5.11 Å². The van der Waals surface area contributed by atoms with Gasteiger partial charge in [-0.15, -0.1) is 0 Å². The fourth-order valence-corrected chi connectivity index (χ4v) is 5.16. The van der Waals surface area contributed by atoms with Crippen LogP contribution in [0.15, 0.2) is 78.9 Å². The number of halogens is 1. The van der Waals surface area contributed by atoms with Crippen molar-refractivity contribution >= 4 is 11.6 Å². The van der Waals surface area contributed by atoms with Gasteiger partial charge in [-0.2, -0.15) is 0 Å². The maximum absolute atomic E-state index is 10.6. The highest BCUT2D eigenvalue weighted by atomic mass is 35.5. The van der Waals surface area contributed by atoms with Crippen LogP contribution in [0.25, 0.3) is 0 Å². The molecule has 3 aromatic carbocycles. The lowest BCUT2D eigenvalue weighted by molar-refractivity contribution is -0.137. The lowest BCUT2D eigenvalue weighted by Crippen LogP contribution is -2.46. The molecule has 5 rings (SSSR count). The molecule has 1 fully saturated rings. The van der Waals surface area contributed by atoms with Crippen LogP contribution in [-0.4, -0.2) is 18.0 Å². The van der Waals surface area contributed by atoms with E-state index in [4.69, 9.17) is 21.1 Å². The van der Waals surface area contributed by atoms with Crippen molar-refractivity contribution in [2.24, 2.45) is 0 Å². The first-order chi connectivity index (χ1) is 14.7. The average molecular weight is 421 g/mol. The molecule has 2 aliphatic rings. The molecule has 0 bridgehead atoms. The van der Waals surface area contributed by atoms with Gasteiger partial charge in [0, 0.05) is 5.02 Å². The Kier molecular flexibility index (Phi) is 5.38. The highest BCUT2D eigenvalue weighted by molar-refractivity contribution is 6.30. The van der Waals surface area contributed by atoms with Crippen LogP contribution in [0.3, 0.4) is 0 Å². The summed E-state index contributed by atoms with van der Waals surface area (Å²) >= 11 is 6.25. The average Bonchev–Trinajstić information content (AvgIpc) is 3.25. The van der Waals surface area contributed by atoms with E-state index in [1.54, 1.807) is 0 Å². The molecule has 1 aliphatic heterocycles. The first-order valence-electron chi connectivity index (χ1n) is 10.5. The van der Waals surface area contributed by atoms with E-state index in [2.05, 4.69) is 24.3 Å². The Labute approximate surface area is 182 Å². The van der Waals surface area contributed by atoms with Crippen molar-refractivity contribution in [1.29, 1.82) is 0 Å². The van der Waals surface area contributed by atoms with Gasteiger partial charge >= 0.3 is 0 Å². The normalized spacial score (nSPS) is 28.3. The summed E-state index contributed by atoms with van der Waals surface area (Å²) in [6, 6.07) is 26.3. The summed E-state index contributed by atoms with van der Waals surface area (Å²) in [6.07, 6.45) is 1.71. The lowest BCUT2D eigenvalue weighted by atomic mass is 9.70. The molecule has 30 heavy (non-hydrogen) atoms. The minimum atomic E-state index is -0.602. The molecule has 3 aromatic rings. The van der Waals surface area contributed by atoms with E-state index in [1.165, 1.54) is 5.56 Å². The second-order valence-electron chi connectivity index (χ2n) is 8.24. The Hall–Kier alpha value is -2.17. The van der Waals surface area contributed by atoms with Gasteiger partial charge in [0.15, 0.2) is 6.29 Å². The molecule has 154 valence electrons. The molecule has 0 saturated carbocycles. The predicted octanol–water partition coefficient (Wildman–Crippen LogP) is 5.76. The van der Waals surface area contributed by atoms with E-state index in [1.807, 2.05) is 54.6 Å². The van der Waals surface area contributed by atoms with E-state index < -0.39 is 11.7 Å². The van der Waals surface area contributed by atoms with Gasteiger partial charge in [-0.25, -0.2) is 0 Å². The number of aliphatic hydroxyl groups excluding tert-OH is 1. The topological polar surface area (TPSA) is 38.7 Å². The SMILES string of the molecule is OC[C@@]1(C2OC(c3ccccc3)C(c3ccccc3)O2)CCCc2cc(Cl)ccc21. The first-order valence-corrected chi connectivity index (χ1v) is 10.9. The van der Waals surface area contributed by atoms with Crippen LogP contribution >= 0.6 is 11.6 Å². The maximum Gasteiger partial charge on any atom is 0.171 e. The van der Waals surface area contributed by atoms with E-state index >= 15 is 0 Å². The lowest BCUT2D eigenvalue weighted by Gasteiger charge is -2.41. The van der Waals surface area contributed by atoms with Crippen molar-refractivity contribution in [2.45, 2.75) is 43.2 Å². The number of aliphatic hydroxyl groups is 1. The summed E-state index contributed by atoms with van der Waals surface area (Å²) in [5.74, 6) is 0. The van der Waals surface area contributed by atoms with Gasteiger partial charge in [-0.05, 0) is 53.6 Å². The molecule has 1 saturated heterocycles. The Balaban J connectivity index is 1.57. The number of hydrogen-bond donors (Lipinski definition) is 1. The zero-order valence-corrected chi connectivity index (χ0v) is 17.5. The van der Waals surface area contributed by atoms with Gasteiger partial charge in [0.25, 0.3) is 0 Å². The number of aryl methyl sites for hydroxylation is 1. The van der Waals surface area contributed by atoms with Crippen molar-refractivity contribution in [3.8, 4) is 0 Å². The fourth-order valence-electron chi connectivity index (χ4n) is 4.96. The molecule has 0 radical (unpaired) electrons. The van der Waals surface area contributed by atoms with Crippen LogP contribution < -0.4 is 0 Å². The quantitative estimate of drug-likeness (QED) is 0.583. The van der Waals surface area contributed by atoms with Crippen molar-refractivity contribution in [3.63, 3.8) is 0 Å². The summed E-state index contributed by atoms with van der Waals surface area (Å²) in [5, 5.41) is 11.4. The molecule has 0 spiro atoms. The molecule has 0 aromatic heterocycles. The Morgan fingerprint density at radius 3 is 2.03 bits per heavy atom. The maximum atomic E-state index is 10.6. The molecule has 0 amide bonds. The van der Waals surface area contributed by atoms with Crippen LogP contribution in [0.2, 0.25) is 5.02 Å². The van der Waals surface area contributed by atoms with Crippen molar-refractivity contribution in [2.75, 3.05) is 6.61 Å². The molecular formula is C26H25ClO3. The number of rotatable bonds is 4. The minimum absolute atomic E-state index is 0.0324. The summed E-state index contributed by atoms with van der Waals surface area (Å²) in [6.45, 7) is -0.0324. The Morgan fingerprint density at radius 2 is 1.47 bits per heavy atom. The summed E-state index contributed by atoms with van der Waals surface area (Å²) in [5.41, 5.74) is 3.82. The van der Waals surface area contributed by atoms with Crippen molar-refractivity contribution < 1.29 is 14.6 Å². The molecule has 3 nitrogen and oxygen atoms in total. The predicted molar refractivity (Wildman–Crippen MR) is 117 cm³/mol. The van der Waals surface area contributed by atoms with E-state index in [-0.39, 0.29) is 18.8 Å². The monoisotopic (exact) mass is 420 g/mol. The van der Waals surface area contributed by atoms with Crippen LogP contribution in [0, 0.1) is 0 Å². The Bertz CT molecular complexity index is 960. The molecule has 1 N–H and O–H groups in total. The third kappa shape index (κ3) is 3.36. The molecule has 1 aliphatic carbocycles. The zero-order valence-electron chi connectivity index (χ0n) is 16.7. The summed E-state index contributed by atoms with van der Waals surface area (Å²) in [7, 11) is 0. The molecule has 1 heterocycles. The summed E-state index contributed by atoms with van der Waals surface area (Å²) < 4.78 is 13.2. The van der Waals surface area contributed by atoms with Gasteiger partial charge in [-0.1, -0.05) is 78.3 Å². The number of ether oxygens (including phenoxy) is 2. The van der Waals surface area contributed by atoms with Crippen molar-refractivity contribution in [1.82, 2.24) is 0 Å². The highest BCUT2D eigenvalue weighted by Gasteiger charge is 2.51. The van der Waals surface area contributed by atoms with Gasteiger partial charge < -0.3 is 14.6 Å². The zero-order chi connectivity index (χ0) is 20.6. The number of fused-ring (bicyclic) bond motifs is 1. The van der Waals surface area contributed by atoms with Gasteiger partial charge in [0.2, 0.25) is 0 Å². The first kappa shape index (κ1) is 19.8. The van der Waals surface area contributed by atoms with Crippen molar-refractivity contribution in [3.05, 3.63) is 106 Å². The molecule has 2 unspecified atom stereocenters. The summed E-state index contributed by atoms with van der Waals surface area (Å²) in [4.78, 5) is 0. The van der Waals surface area contributed by atoms with Crippen LogP contribution in [0.1, 0.15) is 47.3 Å². The van der Waals surface area contributed by atoms with Gasteiger partial charge in [-0.3, -0.25) is 0 Å². The third-order valence-electron chi connectivity index (χ3n) is 6.48. The van der Waals surface area contributed by atoms with Gasteiger partial charge in [0.1, 0.15) is 12.2 Å². The molecule has 4 heteroatoms. The number of hydrogen-bond acceptors (Lipinski definition) is 3. The van der Waals surface area contributed by atoms with Crippen LogP contribution in [0.5, 0.6) is 0 Å².